The van der Waals surface area contributed by atoms with E-state index in [1.807, 2.05) is 69.2 Å². The van der Waals surface area contributed by atoms with Gasteiger partial charge in [0.15, 0.2) is 0 Å². The molecule has 0 bridgehead atoms. The fourth-order valence-electron chi connectivity index (χ4n) is 8.05. The molecule has 0 radical (unpaired) electrons. The molecule has 25 heteroatoms. The maximum Gasteiger partial charge on any atom is 0.500 e. The first-order valence-electron chi connectivity index (χ1n) is 24.9. The molecular weight excluding hydrogens is 973 g/mol. The van der Waals surface area contributed by atoms with Crippen molar-refractivity contribution in [1.82, 2.24) is 10.6 Å². The van der Waals surface area contributed by atoms with Crippen LogP contribution < -0.4 is 10.6 Å². The van der Waals surface area contributed by atoms with E-state index in [1.54, 1.807) is 0 Å². The van der Waals surface area contributed by atoms with E-state index < -0.39 is 69.5 Å². The van der Waals surface area contributed by atoms with Crippen LogP contribution in [0.1, 0.15) is 94.9 Å². The summed E-state index contributed by atoms with van der Waals surface area (Å²) in [5.74, 6) is 0. The molecule has 0 fully saturated rings. The zero-order chi connectivity index (χ0) is 49.6. The highest BCUT2D eigenvalue weighted by atomic mass is 28.5. The van der Waals surface area contributed by atoms with Gasteiger partial charge in [0.1, 0.15) is 0 Å². The lowest BCUT2D eigenvalue weighted by Crippen LogP contribution is -2.62. The fraction of sp³-hybridized carbons (Fsp3) is 1.00. The highest BCUT2D eigenvalue weighted by molar-refractivity contribution is 6.90. The number of nitrogens with one attached hydrogen (secondary N) is 2. The molecule has 0 saturated heterocycles. The van der Waals surface area contributed by atoms with E-state index in [9.17, 15) is 0 Å². The van der Waals surface area contributed by atoms with Crippen molar-refractivity contribution < 1.29 is 64.8 Å². The van der Waals surface area contributed by atoms with E-state index in [4.69, 9.17) is 64.8 Å². The van der Waals surface area contributed by atoms with Gasteiger partial charge in [-0.25, -0.2) is 0 Å². The minimum absolute atomic E-state index is 0.486. The molecule has 0 rings (SSSR count). The SMILES string of the molecule is CCO[Si](CCCNCCC[Si](OCC)(OCC)O[Si](C)(C)O[Si](C)(C)O[Si](C)(C)O[Si](C)(C)O[Si](CCCNCCC[Si](OCC)(OCC)OCC)(OCC)OCC)(OCC)OCC. The molecule has 0 aliphatic rings. The van der Waals surface area contributed by atoms with Gasteiger partial charge in [-0.15, -0.1) is 0 Å². The van der Waals surface area contributed by atoms with Crippen molar-refractivity contribution in [2.24, 2.45) is 0 Å². The van der Waals surface area contributed by atoms with Crippen LogP contribution in [0.5, 0.6) is 0 Å². The Balaban J connectivity index is 5.61. The van der Waals surface area contributed by atoms with Crippen molar-refractivity contribution >= 4 is 69.5 Å². The molecule has 65 heavy (non-hydrogen) atoms. The van der Waals surface area contributed by atoms with Crippen LogP contribution in [0, 0.1) is 0 Å². The van der Waals surface area contributed by atoms with E-state index in [0.717, 1.165) is 64.0 Å². The van der Waals surface area contributed by atoms with Crippen molar-refractivity contribution in [3.05, 3.63) is 0 Å². The van der Waals surface area contributed by atoms with Gasteiger partial charge in [-0.3, -0.25) is 0 Å². The van der Waals surface area contributed by atoms with Gasteiger partial charge in [-0.1, -0.05) is 0 Å². The molecule has 0 spiro atoms. The van der Waals surface area contributed by atoms with E-state index in [1.165, 1.54) is 0 Å². The Labute approximate surface area is 406 Å². The van der Waals surface area contributed by atoms with E-state index in [-0.39, 0.29) is 0 Å². The summed E-state index contributed by atoms with van der Waals surface area (Å²) in [6, 6.07) is 2.89. The maximum atomic E-state index is 6.95. The van der Waals surface area contributed by atoms with Gasteiger partial charge in [0.25, 0.3) is 0 Å². The van der Waals surface area contributed by atoms with Crippen LogP contribution in [-0.4, -0.2) is 162 Å². The molecule has 17 nitrogen and oxygen atoms in total. The van der Waals surface area contributed by atoms with Gasteiger partial charge in [0.2, 0.25) is 0 Å². The van der Waals surface area contributed by atoms with Crippen molar-refractivity contribution in [1.29, 1.82) is 0 Å². The van der Waals surface area contributed by atoms with E-state index in [2.05, 4.69) is 63.0 Å². The van der Waals surface area contributed by atoms with Gasteiger partial charge >= 0.3 is 69.5 Å². The quantitative estimate of drug-likeness (QED) is 0.0439. The summed E-state index contributed by atoms with van der Waals surface area (Å²) < 4.78 is 96.4. The Kier molecular flexibility index (Phi) is 35.0. The maximum absolute atomic E-state index is 6.95. The van der Waals surface area contributed by atoms with Crippen LogP contribution in [0.2, 0.25) is 76.6 Å². The third-order valence-corrected chi connectivity index (χ3v) is 38.6. The van der Waals surface area contributed by atoms with Crippen LogP contribution in [0.3, 0.4) is 0 Å². The Morgan fingerprint density at radius 2 is 0.415 bits per heavy atom. The zero-order valence-corrected chi connectivity index (χ0v) is 52.7. The third kappa shape index (κ3) is 28.6. The summed E-state index contributed by atoms with van der Waals surface area (Å²) in [5, 5.41) is 7.17. The summed E-state index contributed by atoms with van der Waals surface area (Å²) in [5.41, 5.74) is 0. The lowest BCUT2D eigenvalue weighted by atomic mass is 10.4. The van der Waals surface area contributed by atoms with Crippen LogP contribution in [0.25, 0.3) is 0 Å². The molecule has 0 aromatic rings. The Morgan fingerprint density at radius 3 is 0.615 bits per heavy atom. The van der Waals surface area contributed by atoms with Crippen molar-refractivity contribution in [2.45, 2.75) is 171 Å². The third-order valence-electron chi connectivity index (χ3n) is 9.27. The molecule has 2 N–H and O–H groups in total. The van der Waals surface area contributed by atoms with Gasteiger partial charge in [0.05, 0.1) is 0 Å². The lowest BCUT2D eigenvalue weighted by molar-refractivity contribution is 0.0700. The molecule has 0 unspecified atom stereocenters. The van der Waals surface area contributed by atoms with Gasteiger partial charge in [-0.05, 0) is 173 Å². The van der Waals surface area contributed by atoms with Crippen molar-refractivity contribution in [2.75, 3.05) is 92.2 Å². The van der Waals surface area contributed by atoms with Crippen molar-refractivity contribution in [3.8, 4) is 0 Å². The van der Waals surface area contributed by atoms with E-state index >= 15 is 0 Å². The molecule has 0 aromatic carbocycles. The van der Waals surface area contributed by atoms with Gasteiger partial charge in [-0.2, -0.15) is 0 Å². The summed E-state index contributed by atoms with van der Waals surface area (Å²) in [6.07, 6.45) is 3.46. The molecule has 0 aromatic heterocycles. The highest BCUT2D eigenvalue weighted by Crippen LogP contribution is 2.31. The average Bonchev–Trinajstić information content (AvgIpc) is 3.16. The summed E-state index contributed by atoms with van der Waals surface area (Å²) >= 11 is 0. The molecule has 0 atom stereocenters. The molecule has 0 saturated carbocycles. The van der Waals surface area contributed by atoms with Crippen LogP contribution >= 0.6 is 0 Å². The minimum atomic E-state index is -3.10. The van der Waals surface area contributed by atoms with Crippen LogP contribution in [0.15, 0.2) is 0 Å². The minimum Gasteiger partial charge on any atom is -0.416 e. The molecule has 0 aliphatic carbocycles. The smallest absolute Gasteiger partial charge is 0.416 e. The summed E-state index contributed by atoms with van der Waals surface area (Å²) in [6.45, 7) is 45.0. The standard InChI is InChI=1S/C40H100N2O15Si8/c1-19-43-62(44-20-2,45-21-3)37-29-33-41-35-31-39-64(49-25-7,50-26-8)56-60(15,16)54-58(11,12)53-59(13,14)55-61(17,18)57-65(51-27-9,52-28-10)40-32-36-42-34-30-38-63(46-22-4,47-23-5)48-24-6/h41-42H,19-40H2,1-18H3. The number of rotatable bonds is 46. The first kappa shape index (κ1) is 66.1. The van der Waals surface area contributed by atoms with Gasteiger partial charge < -0.3 is 75.5 Å². The molecule has 0 amide bonds. The Hall–Kier alpha value is 1.06. The average molecular weight is 1070 g/mol. The molecule has 0 aliphatic heterocycles. The first-order valence-corrected chi connectivity index (χ1v) is 43.9. The van der Waals surface area contributed by atoms with E-state index in [0.29, 0.717) is 78.2 Å². The van der Waals surface area contributed by atoms with Crippen LogP contribution in [0.4, 0.5) is 0 Å². The van der Waals surface area contributed by atoms with Crippen LogP contribution in [-0.2, 0) is 64.8 Å². The highest BCUT2D eigenvalue weighted by Gasteiger charge is 2.53. The first-order chi connectivity index (χ1) is 30.6. The Bertz CT molecular complexity index is 1060. The normalized spacial score (nSPS) is 13.9. The Morgan fingerprint density at radius 1 is 0.246 bits per heavy atom. The second-order valence-electron chi connectivity index (χ2n) is 17.1. The zero-order valence-electron chi connectivity index (χ0n) is 44.7. The van der Waals surface area contributed by atoms with Crippen molar-refractivity contribution in [3.63, 3.8) is 0 Å². The number of hydrogen-bond acceptors (Lipinski definition) is 17. The lowest BCUT2D eigenvalue weighted by Gasteiger charge is -2.43. The predicted octanol–water partition coefficient (Wildman–Crippen LogP) is 8.74. The molecular formula is C40H100N2O15Si8. The summed E-state index contributed by atoms with van der Waals surface area (Å²) in [4.78, 5) is 0. The second kappa shape index (κ2) is 34.4. The number of hydrogen-bond donors (Lipinski definition) is 2. The van der Waals surface area contributed by atoms with Gasteiger partial charge in [0, 0.05) is 90.2 Å². The largest absolute Gasteiger partial charge is 0.500 e. The molecule has 0 heterocycles. The monoisotopic (exact) mass is 1070 g/mol. The topological polar surface area (TPSA) is 163 Å². The fourth-order valence-corrected chi connectivity index (χ4v) is 41.1. The summed E-state index contributed by atoms with van der Waals surface area (Å²) in [7, 11) is -22.9. The molecule has 392 valence electrons. The predicted molar refractivity (Wildman–Crippen MR) is 278 cm³/mol. The second-order valence-corrected chi connectivity index (χ2v) is 42.7.